The van der Waals surface area contributed by atoms with Gasteiger partial charge in [0.2, 0.25) is 0 Å². The van der Waals surface area contributed by atoms with Crippen molar-refractivity contribution in [3.8, 4) is 6.07 Å². The molecule has 0 atom stereocenters. The van der Waals surface area contributed by atoms with E-state index in [9.17, 15) is 0 Å². The van der Waals surface area contributed by atoms with Crippen molar-refractivity contribution in [2.45, 2.75) is 32.6 Å². The maximum atomic E-state index is 9.15. The third-order valence-corrected chi connectivity index (χ3v) is 3.24. The Labute approximate surface area is 96.7 Å². The van der Waals surface area contributed by atoms with Crippen LogP contribution in [-0.4, -0.2) is 18.6 Å². The molecule has 0 aromatic carbocycles. The summed E-state index contributed by atoms with van der Waals surface area (Å²) >= 11 is 0. The van der Waals surface area contributed by atoms with Crippen LogP contribution < -0.4 is 4.90 Å². The lowest BCUT2D eigenvalue weighted by molar-refractivity contribution is 0.666. The molecule has 0 bridgehead atoms. The number of aromatic nitrogens is 1. The molecule has 1 aromatic rings. The molecular formula is C13H17N3. The van der Waals surface area contributed by atoms with E-state index in [4.69, 9.17) is 5.26 Å². The second-order valence-corrected chi connectivity index (χ2v) is 4.30. The number of fused-ring (bicyclic) bond motifs is 1. The van der Waals surface area contributed by atoms with Gasteiger partial charge in [0.25, 0.3) is 0 Å². The second-order valence-electron chi connectivity index (χ2n) is 4.30. The van der Waals surface area contributed by atoms with E-state index in [0.29, 0.717) is 5.56 Å². The van der Waals surface area contributed by atoms with Crippen LogP contribution in [0.5, 0.6) is 0 Å². The first-order chi connectivity index (χ1) is 7.76. The van der Waals surface area contributed by atoms with Crippen molar-refractivity contribution >= 4 is 5.82 Å². The van der Waals surface area contributed by atoms with Gasteiger partial charge in [-0.1, -0.05) is 0 Å². The zero-order valence-corrected chi connectivity index (χ0v) is 9.95. The van der Waals surface area contributed by atoms with Crippen LogP contribution in [0.25, 0.3) is 0 Å². The van der Waals surface area contributed by atoms with E-state index in [0.717, 1.165) is 25.2 Å². The summed E-state index contributed by atoms with van der Waals surface area (Å²) in [5, 5.41) is 9.15. The summed E-state index contributed by atoms with van der Waals surface area (Å²) in [6.45, 7) is 2.95. The molecule has 3 heteroatoms. The van der Waals surface area contributed by atoms with Crippen LogP contribution in [0.4, 0.5) is 5.82 Å². The fourth-order valence-corrected chi connectivity index (χ4v) is 2.15. The Bertz CT molecular complexity index is 432. The summed E-state index contributed by atoms with van der Waals surface area (Å²) < 4.78 is 0. The fourth-order valence-electron chi connectivity index (χ4n) is 2.15. The van der Waals surface area contributed by atoms with Gasteiger partial charge in [-0.15, -0.1) is 0 Å². The molecule has 0 radical (unpaired) electrons. The van der Waals surface area contributed by atoms with Gasteiger partial charge in [0, 0.05) is 19.3 Å². The van der Waals surface area contributed by atoms with Crippen molar-refractivity contribution in [2.75, 3.05) is 18.5 Å². The largest absolute Gasteiger partial charge is 0.359 e. The summed E-state index contributed by atoms with van der Waals surface area (Å²) in [6.07, 6.45) is 4.59. The molecular weight excluding hydrogens is 198 g/mol. The van der Waals surface area contributed by atoms with Gasteiger partial charge in [-0.25, -0.2) is 4.98 Å². The van der Waals surface area contributed by atoms with Crippen molar-refractivity contribution in [1.29, 1.82) is 5.26 Å². The van der Waals surface area contributed by atoms with Crippen LogP contribution in [0.1, 0.15) is 36.6 Å². The van der Waals surface area contributed by atoms with Gasteiger partial charge >= 0.3 is 0 Å². The van der Waals surface area contributed by atoms with Gasteiger partial charge in [0.15, 0.2) is 0 Å². The molecule has 1 aliphatic rings. The number of aryl methyl sites for hydroxylation is 2. The van der Waals surface area contributed by atoms with E-state index in [1.807, 2.05) is 18.0 Å². The minimum atomic E-state index is 0.713. The minimum absolute atomic E-state index is 0.713. The Morgan fingerprint density at radius 2 is 2.19 bits per heavy atom. The monoisotopic (exact) mass is 215 g/mol. The van der Waals surface area contributed by atoms with Crippen molar-refractivity contribution in [3.63, 3.8) is 0 Å². The summed E-state index contributed by atoms with van der Waals surface area (Å²) in [7, 11) is 1.98. The van der Waals surface area contributed by atoms with E-state index < -0.39 is 0 Å². The summed E-state index contributed by atoms with van der Waals surface area (Å²) in [5.74, 6) is 0.839. The molecule has 1 heterocycles. The molecule has 0 saturated heterocycles. The summed E-state index contributed by atoms with van der Waals surface area (Å²) in [5.41, 5.74) is 3.18. The van der Waals surface area contributed by atoms with Gasteiger partial charge in [-0.3, -0.25) is 0 Å². The maximum absolute atomic E-state index is 9.15. The van der Waals surface area contributed by atoms with Gasteiger partial charge in [-0.05, 0) is 44.2 Å². The average Bonchev–Trinajstić information content (AvgIpc) is 2.36. The number of nitrogens with zero attached hydrogens (tertiary/aromatic N) is 3. The zero-order chi connectivity index (χ0) is 11.5. The Morgan fingerprint density at radius 3 is 2.88 bits per heavy atom. The van der Waals surface area contributed by atoms with Crippen molar-refractivity contribution in [3.05, 3.63) is 22.9 Å². The third kappa shape index (κ3) is 1.88. The normalized spacial score (nSPS) is 14.1. The van der Waals surface area contributed by atoms with Crippen LogP contribution in [0.3, 0.4) is 0 Å². The highest BCUT2D eigenvalue weighted by Gasteiger charge is 2.16. The van der Waals surface area contributed by atoms with Gasteiger partial charge in [-0.2, -0.15) is 5.26 Å². The molecule has 16 heavy (non-hydrogen) atoms. The highest BCUT2D eigenvalue weighted by atomic mass is 15.2. The molecule has 1 aromatic heterocycles. The maximum Gasteiger partial charge on any atom is 0.146 e. The number of hydrogen-bond acceptors (Lipinski definition) is 3. The second kappa shape index (κ2) is 4.52. The first-order valence-electron chi connectivity index (χ1n) is 5.90. The molecule has 1 aliphatic carbocycles. The van der Waals surface area contributed by atoms with Crippen molar-refractivity contribution < 1.29 is 0 Å². The van der Waals surface area contributed by atoms with Crippen LogP contribution in [0.2, 0.25) is 0 Å². The Balaban J connectivity index is 2.48. The van der Waals surface area contributed by atoms with E-state index >= 15 is 0 Å². The molecule has 0 unspecified atom stereocenters. The molecule has 0 spiro atoms. The van der Waals surface area contributed by atoms with Gasteiger partial charge < -0.3 is 4.90 Å². The lowest BCUT2D eigenvalue weighted by Crippen LogP contribution is -2.20. The number of nitriles is 1. The number of anilines is 1. The SMILES string of the molecule is CCN(C)c1nc2c(cc1C#N)CCCC2. The van der Waals surface area contributed by atoms with Crippen molar-refractivity contribution in [2.24, 2.45) is 0 Å². The summed E-state index contributed by atoms with van der Waals surface area (Å²) in [6, 6.07) is 4.29. The highest BCUT2D eigenvalue weighted by molar-refractivity contribution is 5.56. The van der Waals surface area contributed by atoms with Crippen LogP contribution in [0.15, 0.2) is 6.07 Å². The predicted molar refractivity (Wildman–Crippen MR) is 64.5 cm³/mol. The summed E-state index contributed by atoms with van der Waals surface area (Å²) in [4.78, 5) is 6.69. The van der Waals surface area contributed by atoms with E-state index in [2.05, 4.69) is 18.0 Å². The van der Waals surface area contributed by atoms with Crippen molar-refractivity contribution in [1.82, 2.24) is 4.98 Å². The Morgan fingerprint density at radius 1 is 1.44 bits per heavy atom. The lowest BCUT2D eigenvalue weighted by Gasteiger charge is -2.21. The molecule has 2 rings (SSSR count). The lowest BCUT2D eigenvalue weighted by atomic mass is 9.95. The number of rotatable bonds is 2. The third-order valence-electron chi connectivity index (χ3n) is 3.24. The Kier molecular flexibility index (Phi) is 3.09. The zero-order valence-electron chi connectivity index (χ0n) is 9.95. The molecule has 0 amide bonds. The van der Waals surface area contributed by atoms with E-state index in [-0.39, 0.29) is 0 Å². The minimum Gasteiger partial charge on any atom is -0.359 e. The van der Waals surface area contributed by atoms with Gasteiger partial charge in [0.1, 0.15) is 11.9 Å². The smallest absolute Gasteiger partial charge is 0.146 e. The standard InChI is InChI=1S/C13H17N3/c1-3-16(2)13-11(9-14)8-10-6-4-5-7-12(10)15-13/h8H,3-7H2,1-2H3. The topological polar surface area (TPSA) is 39.9 Å². The number of pyridine rings is 1. The quantitative estimate of drug-likeness (QED) is 0.760. The molecule has 84 valence electrons. The molecule has 3 nitrogen and oxygen atoms in total. The average molecular weight is 215 g/mol. The molecule has 0 aliphatic heterocycles. The van der Waals surface area contributed by atoms with Crippen LogP contribution >= 0.6 is 0 Å². The Hall–Kier alpha value is -1.56. The van der Waals surface area contributed by atoms with Gasteiger partial charge in [0.05, 0.1) is 5.56 Å². The highest BCUT2D eigenvalue weighted by Crippen LogP contribution is 2.25. The van der Waals surface area contributed by atoms with E-state index in [1.54, 1.807) is 0 Å². The van der Waals surface area contributed by atoms with E-state index in [1.165, 1.54) is 24.1 Å². The molecule has 0 N–H and O–H groups in total. The first-order valence-corrected chi connectivity index (χ1v) is 5.90. The fraction of sp³-hybridized carbons (Fsp3) is 0.538. The first kappa shape index (κ1) is 10.9. The van der Waals surface area contributed by atoms with Crippen LogP contribution in [-0.2, 0) is 12.8 Å². The molecule has 0 fully saturated rings. The number of hydrogen-bond donors (Lipinski definition) is 0. The molecule has 0 saturated carbocycles. The predicted octanol–water partition coefficient (Wildman–Crippen LogP) is 2.29. The van der Waals surface area contributed by atoms with Crippen LogP contribution in [0, 0.1) is 11.3 Å².